The maximum atomic E-state index is 13.0. The van der Waals surface area contributed by atoms with Crippen molar-refractivity contribution in [2.45, 2.75) is 72.5 Å². The number of hydrogen-bond donors (Lipinski definition) is 1. The summed E-state index contributed by atoms with van der Waals surface area (Å²) < 4.78 is 11.2. The van der Waals surface area contributed by atoms with Crippen molar-refractivity contribution in [1.29, 1.82) is 0 Å². The van der Waals surface area contributed by atoms with Gasteiger partial charge in [0.05, 0.1) is 5.92 Å². The van der Waals surface area contributed by atoms with Gasteiger partial charge in [-0.15, -0.1) is 0 Å². The molecule has 1 amide bonds. The summed E-state index contributed by atoms with van der Waals surface area (Å²) in [5.74, 6) is -0.512. The Kier molecular flexibility index (Phi) is 6.86. The van der Waals surface area contributed by atoms with Crippen LogP contribution >= 0.6 is 0 Å². The molecule has 0 saturated carbocycles. The molecule has 1 aromatic carbocycles. The highest BCUT2D eigenvalue weighted by Crippen LogP contribution is 2.31. The van der Waals surface area contributed by atoms with E-state index in [1.165, 1.54) is 0 Å². The van der Waals surface area contributed by atoms with Gasteiger partial charge in [-0.25, -0.2) is 4.79 Å². The second kappa shape index (κ2) is 8.64. The summed E-state index contributed by atoms with van der Waals surface area (Å²) in [5, 5.41) is 9.93. The number of esters is 1. The van der Waals surface area contributed by atoms with Gasteiger partial charge in [0.2, 0.25) is 0 Å². The minimum Gasteiger partial charge on any atom is -0.508 e. The summed E-state index contributed by atoms with van der Waals surface area (Å²) in [6, 6.07) is 5.34. The van der Waals surface area contributed by atoms with Crippen LogP contribution in [0, 0.1) is 18.8 Å². The zero-order valence-corrected chi connectivity index (χ0v) is 18.7. The van der Waals surface area contributed by atoms with Crippen LogP contribution in [0.3, 0.4) is 0 Å². The normalized spacial score (nSPS) is 18.4. The third-order valence-corrected chi connectivity index (χ3v) is 4.73. The van der Waals surface area contributed by atoms with E-state index in [1.54, 1.807) is 17.0 Å². The molecule has 1 aliphatic rings. The van der Waals surface area contributed by atoms with E-state index in [1.807, 2.05) is 54.5 Å². The van der Waals surface area contributed by atoms with Gasteiger partial charge in [-0.3, -0.25) is 4.79 Å². The van der Waals surface area contributed by atoms with Gasteiger partial charge >= 0.3 is 12.1 Å². The molecular weight excluding hydrogens is 370 g/mol. The molecular formula is C23H35NO5. The Balaban J connectivity index is 2.19. The number of carbonyl (C=O) groups excluding carboxylic acids is 2. The smallest absolute Gasteiger partial charge is 0.410 e. The van der Waals surface area contributed by atoms with Crippen LogP contribution < -0.4 is 0 Å². The SMILES string of the molecule is Cc1cc(O)cc(C[C@H](C(=O)OC(C)(C)C)[C@H]2CCN(C(=O)OC(C)(C)C)C2)c1. The van der Waals surface area contributed by atoms with Crippen molar-refractivity contribution < 1.29 is 24.2 Å². The van der Waals surface area contributed by atoms with Crippen LogP contribution in [-0.2, 0) is 20.7 Å². The molecule has 1 aromatic rings. The van der Waals surface area contributed by atoms with Gasteiger partial charge in [-0.2, -0.15) is 0 Å². The zero-order valence-electron chi connectivity index (χ0n) is 18.7. The molecule has 162 valence electrons. The molecule has 0 unspecified atom stereocenters. The number of amides is 1. The van der Waals surface area contributed by atoms with Crippen LogP contribution in [0.15, 0.2) is 18.2 Å². The Morgan fingerprint density at radius 3 is 2.28 bits per heavy atom. The highest BCUT2D eigenvalue weighted by molar-refractivity contribution is 5.74. The lowest BCUT2D eigenvalue weighted by atomic mass is 9.85. The highest BCUT2D eigenvalue weighted by Gasteiger charge is 2.39. The third kappa shape index (κ3) is 7.26. The molecule has 1 fully saturated rings. The second-order valence-corrected chi connectivity index (χ2v) is 10.00. The van der Waals surface area contributed by atoms with Crippen LogP contribution in [0.2, 0.25) is 0 Å². The van der Waals surface area contributed by atoms with E-state index < -0.39 is 17.1 Å². The number of benzene rings is 1. The lowest BCUT2D eigenvalue weighted by Gasteiger charge is -2.28. The highest BCUT2D eigenvalue weighted by atomic mass is 16.6. The predicted molar refractivity (Wildman–Crippen MR) is 112 cm³/mol. The Bertz CT molecular complexity index is 724. The molecule has 0 radical (unpaired) electrons. The minimum atomic E-state index is -0.590. The molecule has 29 heavy (non-hydrogen) atoms. The first-order valence-corrected chi connectivity index (χ1v) is 10.2. The Morgan fingerprint density at radius 1 is 1.10 bits per heavy atom. The van der Waals surface area contributed by atoms with E-state index in [9.17, 15) is 14.7 Å². The predicted octanol–water partition coefficient (Wildman–Crippen LogP) is 4.46. The van der Waals surface area contributed by atoms with Gasteiger partial charge in [0.25, 0.3) is 0 Å². The molecule has 0 aromatic heterocycles. The summed E-state index contributed by atoms with van der Waals surface area (Å²) in [6.07, 6.45) is 0.814. The third-order valence-electron chi connectivity index (χ3n) is 4.73. The number of aryl methyl sites for hydroxylation is 1. The summed E-state index contributed by atoms with van der Waals surface area (Å²) >= 11 is 0. The van der Waals surface area contributed by atoms with Crippen molar-refractivity contribution in [2.24, 2.45) is 11.8 Å². The fraction of sp³-hybridized carbons (Fsp3) is 0.652. The van der Waals surface area contributed by atoms with E-state index >= 15 is 0 Å². The Hall–Kier alpha value is -2.24. The van der Waals surface area contributed by atoms with Crippen LogP contribution in [0.25, 0.3) is 0 Å². The number of aromatic hydroxyl groups is 1. The lowest BCUT2D eigenvalue weighted by molar-refractivity contribution is -0.161. The number of phenols is 1. The lowest BCUT2D eigenvalue weighted by Crippen LogP contribution is -2.38. The van der Waals surface area contributed by atoms with Crippen molar-refractivity contribution in [1.82, 2.24) is 4.90 Å². The maximum Gasteiger partial charge on any atom is 0.410 e. The minimum absolute atomic E-state index is 0.0278. The van der Waals surface area contributed by atoms with Gasteiger partial charge < -0.3 is 19.5 Å². The van der Waals surface area contributed by atoms with Crippen molar-refractivity contribution in [3.05, 3.63) is 29.3 Å². The number of rotatable bonds is 4. The Labute approximate surface area is 174 Å². The number of carbonyl (C=O) groups is 2. The van der Waals surface area contributed by atoms with E-state index in [-0.39, 0.29) is 23.7 Å². The van der Waals surface area contributed by atoms with Gasteiger partial charge in [0.1, 0.15) is 17.0 Å². The van der Waals surface area contributed by atoms with Crippen LogP contribution in [0.1, 0.15) is 59.1 Å². The van der Waals surface area contributed by atoms with Crippen molar-refractivity contribution in [3.8, 4) is 5.75 Å². The summed E-state index contributed by atoms with van der Waals surface area (Å²) in [7, 11) is 0. The molecule has 1 N–H and O–H groups in total. The number of likely N-dealkylation sites (tertiary alicyclic amines) is 1. The number of nitrogens with zero attached hydrogens (tertiary/aromatic N) is 1. The van der Waals surface area contributed by atoms with E-state index in [4.69, 9.17) is 9.47 Å². The van der Waals surface area contributed by atoms with E-state index in [2.05, 4.69) is 0 Å². The van der Waals surface area contributed by atoms with Gasteiger partial charge in [-0.1, -0.05) is 6.07 Å². The van der Waals surface area contributed by atoms with Crippen LogP contribution in [-0.4, -0.2) is 46.4 Å². The molecule has 2 atom stereocenters. The quantitative estimate of drug-likeness (QED) is 0.749. The fourth-order valence-corrected chi connectivity index (χ4v) is 3.64. The van der Waals surface area contributed by atoms with Crippen molar-refractivity contribution in [2.75, 3.05) is 13.1 Å². The monoisotopic (exact) mass is 405 g/mol. The topological polar surface area (TPSA) is 76.1 Å². The van der Waals surface area contributed by atoms with Gasteiger partial charge in [0.15, 0.2) is 0 Å². The van der Waals surface area contributed by atoms with Gasteiger partial charge in [0, 0.05) is 13.1 Å². The molecule has 1 aliphatic heterocycles. The summed E-state index contributed by atoms with van der Waals surface area (Å²) in [4.78, 5) is 27.1. The first kappa shape index (κ1) is 23.0. The molecule has 1 saturated heterocycles. The molecule has 6 nitrogen and oxygen atoms in total. The van der Waals surface area contributed by atoms with E-state index in [0.717, 1.165) is 11.1 Å². The van der Waals surface area contributed by atoms with E-state index in [0.29, 0.717) is 25.9 Å². The zero-order chi connectivity index (χ0) is 22.0. The molecule has 6 heteroatoms. The van der Waals surface area contributed by atoms with Gasteiger partial charge in [-0.05, 0) is 90.5 Å². The van der Waals surface area contributed by atoms with Crippen LogP contribution in [0.5, 0.6) is 5.75 Å². The molecule has 0 aliphatic carbocycles. The molecule has 0 spiro atoms. The number of ether oxygens (including phenoxy) is 2. The molecule has 0 bridgehead atoms. The fourth-order valence-electron chi connectivity index (χ4n) is 3.64. The first-order chi connectivity index (χ1) is 13.2. The summed E-state index contributed by atoms with van der Waals surface area (Å²) in [6.45, 7) is 14.0. The largest absolute Gasteiger partial charge is 0.508 e. The average Bonchev–Trinajstić information content (AvgIpc) is 2.98. The van der Waals surface area contributed by atoms with Crippen molar-refractivity contribution in [3.63, 3.8) is 0 Å². The number of phenolic OH excluding ortho intramolecular Hbond substituents is 1. The number of hydrogen-bond acceptors (Lipinski definition) is 5. The Morgan fingerprint density at radius 2 is 1.72 bits per heavy atom. The van der Waals surface area contributed by atoms with Crippen LogP contribution in [0.4, 0.5) is 4.79 Å². The maximum absolute atomic E-state index is 13.0. The second-order valence-electron chi connectivity index (χ2n) is 10.00. The molecule has 1 heterocycles. The molecule has 2 rings (SSSR count). The van der Waals surface area contributed by atoms with Crippen molar-refractivity contribution >= 4 is 12.1 Å². The standard InChI is InChI=1S/C23H35NO5/c1-15-10-16(12-18(25)11-15)13-19(20(26)28-22(2,3)4)17-8-9-24(14-17)21(27)29-23(5,6)7/h10-12,17,19,25H,8-9,13-14H2,1-7H3/t17-,19-/m0/s1. The average molecular weight is 406 g/mol. The first-order valence-electron chi connectivity index (χ1n) is 10.2. The summed E-state index contributed by atoms with van der Waals surface area (Å²) in [5.41, 5.74) is 0.672.